The van der Waals surface area contributed by atoms with Crippen molar-refractivity contribution in [2.75, 3.05) is 4.90 Å². The van der Waals surface area contributed by atoms with E-state index in [1.807, 2.05) is 0 Å². The fourth-order valence-corrected chi connectivity index (χ4v) is 8.86. The number of anilines is 2. The number of hydrogen-bond donors (Lipinski definition) is 0. The number of hydrogen-bond acceptors (Lipinski definition) is 1. The minimum atomic E-state index is -0.583. The van der Waals surface area contributed by atoms with E-state index in [0.29, 0.717) is 0 Å². The second-order valence-corrected chi connectivity index (χ2v) is 14.2. The number of rotatable bonds is 5. The molecule has 0 fully saturated rings. The molecule has 1 unspecified atom stereocenters. The lowest BCUT2D eigenvalue weighted by molar-refractivity contribution is 0.676. The van der Waals surface area contributed by atoms with Gasteiger partial charge in [-0.2, -0.15) is 0 Å². The monoisotopic (exact) mass is 663 g/mol. The molecule has 0 N–H and O–H groups in total. The summed E-state index contributed by atoms with van der Waals surface area (Å²) in [5, 5.41) is 0. The van der Waals surface area contributed by atoms with Crippen LogP contribution in [0.2, 0.25) is 0 Å². The van der Waals surface area contributed by atoms with Gasteiger partial charge in [-0.25, -0.2) is 0 Å². The highest BCUT2D eigenvalue weighted by atomic mass is 15.2. The quantitative estimate of drug-likeness (QED) is 0.177. The molecule has 0 saturated heterocycles. The topological polar surface area (TPSA) is 3.24 Å². The van der Waals surface area contributed by atoms with E-state index in [0.717, 1.165) is 5.69 Å². The number of aryl methyl sites for hydroxylation is 1. The summed E-state index contributed by atoms with van der Waals surface area (Å²) in [6.07, 6.45) is 16.8. The fraction of sp³-hybridized carbons (Fsp3) is 0.0588. The Morgan fingerprint density at radius 2 is 1.00 bits per heavy atom. The molecule has 1 atom stereocenters. The van der Waals surface area contributed by atoms with Crippen molar-refractivity contribution in [1.82, 2.24) is 0 Å². The van der Waals surface area contributed by atoms with Crippen molar-refractivity contribution in [3.63, 3.8) is 0 Å². The maximum Gasteiger partial charge on any atom is 0.0803 e. The van der Waals surface area contributed by atoms with Gasteiger partial charge in [-0.3, -0.25) is 0 Å². The molecule has 10 rings (SSSR count). The summed E-state index contributed by atoms with van der Waals surface area (Å²) in [7, 11) is 0. The van der Waals surface area contributed by atoms with Gasteiger partial charge in [0, 0.05) is 16.8 Å². The molecule has 0 aromatic heterocycles. The average Bonchev–Trinajstić information content (AvgIpc) is 3.78. The van der Waals surface area contributed by atoms with E-state index < -0.39 is 5.41 Å². The summed E-state index contributed by atoms with van der Waals surface area (Å²) in [5.74, 6) is 0. The van der Waals surface area contributed by atoms with Crippen molar-refractivity contribution >= 4 is 34.7 Å². The molecule has 0 aliphatic heterocycles. The average molecular weight is 664 g/mol. The first-order chi connectivity index (χ1) is 25.6. The molecule has 1 spiro atoms. The van der Waals surface area contributed by atoms with Gasteiger partial charge < -0.3 is 4.90 Å². The number of nitrogens with zero attached hydrogens (tertiary/aromatic N) is 1. The lowest BCUT2D eigenvalue weighted by Crippen LogP contribution is -2.37. The summed E-state index contributed by atoms with van der Waals surface area (Å²) in [6.45, 7) is 4.54. The molecule has 52 heavy (non-hydrogen) atoms. The Kier molecular flexibility index (Phi) is 6.91. The number of benzene rings is 6. The van der Waals surface area contributed by atoms with Crippen LogP contribution in [0.5, 0.6) is 0 Å². The molecule has 6 aromatic carbocycles. The lowest BCUT2D eigenvalue weighted by Gasteiger charge is -2.47. The van der Waals surface area contributed by atoms with Crippen LogP contribution in [-0.4, -0.2) is 0 Å². The largest absolute Gasteiger partial charge is 0.311 e. The van der Waals surface area contributed by atoms with E-state index in [1.54, 1.807) is 0 Å². The van der Waals surface area contributed by atoms with Gasteiger partial charge in [0.25, 0.3) is 0 Å². The maximum absolute atomic E-state index is 2.61. The van der Waals surface area contributed by atoms with E-state index in [4.69, 9.17) is 0 Å². The smallest absolute Gasteiger partial charge is 0.0803 e. The van der Waals surface area contributed by atoms with Gasteiger partial charge in [-0.05, 0) is 105 Å². The first kappa shape index (κ1) is 30.4. The Balaban J connectivity index is 1.33. The van der Waals surface area contributed by atoms with Crippen molar-refractivity contribution in [2.45, 2.75) is 13.8 Å². The van der Waals surface area contributed by atoms with Crippen LogP contribution in [0.3, 0.4) is 0 Å². The van der Waals surface area contributed by atoms with Crippen LogP contribution in [0.1, 0.15) is 33.4 Å². The Bertz CT molecular complexity index is 2600. The van der Waals surface area contributed by atoms with E-state index in [-0.39, 0.29) is 0 Å². The van der Waals surface area contributed by atoms with Gasteiger partial charge in [0.05, 0.1) is 16.8 Å². The molecule has 0 amide bonds. The predicted octanol–water partition coefficient (Wildman–Crippen LogP) is 13.2. The third kappa shape index (κ3) is 4.42. The molecule has 1 heteroatoms. The van der Waals surface area contributed by atoms with Crippen molar-refractivity contribution in [1.29, 1.82) is 0 Å². The minimum absolute atomic E-state index is 0.583. The highest BCUT2D eigenvalue weighted by Crippen LogP contribution is 2.64. The van der Waals surface area contributed by atoms with Crippen LogP contribution in [0.15, 0.2) is 193 Å². The third-order valence-electron chi connectivity index (χ3n) is 11.4. The maximum atomic E-state index is 2.61. The number of allylic oxidation sites excluding steroid dienone is 7. The van der Waals surface area contributed by atoms with Gasteiger partial charge in [0.1, 0.15) is 0 Å². The molecular weight excluding hydrogens is 627 g/mol. The molecular formula is C51H37N. The fourth-order valence-electron chi connectivity index (χ4n) is 8.86. The van der Waals surface area contributed by atoms with Gasteiger partial charge in [0.2, 0.25) is 0 Å². The summed E-state index contributed by atoms with van der Waals surface area (Å²) >= 11 is 0. The predicted molar refractivity (Wildman–Crippen MR) is 220 cm³/mol. The molecule has 6 aromatic rings. The van der Waals surface area contributed by atoms with E-state index >= 15 is 0 Å². The molecule has 0 heterocycles. The van der Waals surface area contributed by atoms with E-state index in [2.05, 4.69) is 207 Å². The molecule has 1 nitrogen and oxygen atoms in total. The van der Waals surface area contributed by atoms with Gasteiger partial charge >= 0.3 is 0 Å². The Morgan fingerprint density at radius 3 is 1.65 bits per heavy atom. The Hall–Kier alpha value is -6.44. The number of fused-ring (bicyclic) bond motifs is 8. The standard InChI is InChI=1S/C51H37N/c1-34-27-28-43(37-18-7-4-8-19-37)50(35(34)2)52(48-26-14-13-24-42(48)36-16-5-3-6-17-36)49-30-29-45-41-23-12-10-21-39(41)33-47(45)51(49)31-15-25-44-40-22-11-9-20-38(40)32-46(44)51/h3-33H,1-2H3. The second kappa shape index (κ2) is 11.8. The van der Waals surface area contributed by atoms with Crippen LogP contribution >= 0.6 is 0 Å². The molecule has 4 aliphatic rings. The van der Waals surface area contributed by atoms with Crippen molar-refractivity contribution in [3.8, 4) is 22.3 Å². The lowest BCUT2D eigenvalue weighted by atomic mass is 9.63. The zero-order valence-electron chi connectivity index (χ0n) is 29.3. The first-order valence-corrected chi connectivity index (χ1v) is 18.2. The zero-order chi connectivity index (χ0) is 34.8. The van der Waals surface area contributed by atoms with Crippen LogP contribution in [0.4, 0.5) is 11.4 Å². The third-order valence-corrected chi connectivity index (χ3v) is 11.4. The normalized spacial score (nSPS) is 17.6. The van der Waals surface area contributed by atoms with Crippen molar-refractivity contribution in [3.05, 3.63) is 226 Å². The summed E-state index contributed by atoms with van der Waals surface area (Å²) in [5.41, 5.74) is 20.7. The highest BCUT2D eigenvalue weighted by molar-refractivity contribution is 6.07. The molecule has 246 valence electrons. The molecule has 0 radical (unpaired) electrons. The van der Waals surface area contributed by atoms with Crippen molar-refractivity contribution < 1.29 is 0 Å². The van der Waals surface area contributed by atoms with Crippen LogP contribution in [0, 0.1) is 19.3 Å². The van der Waals surface area contributed by atoms with Gasteiger partial charge in [-0.1, -0.05) is 164 Å². The summed E-state index contributed by atoms with van der Waals surface area (Å²) < 4.78 is 0. The Morgan fingerprint density at radius 1 is 0.462 bits per heavy atom. The van der Waals surface area contributed by atoms with Crippen LogP contribution in [-0.2, 0) is 0 Å². The van der Waals surface area contributed by atoms with Gasteiger partial charge in [0.15, 0.2) is 0 Å². The van der Waals surface area contributed by atoms with Gasteiger partial charge in [-0.15, -0.1) is 0 Å². The van der Waals surface area contributed by atoms with Crippen LogP contribution < -0.4 is 4.90 Å². The molecule has 4 aliphatic carbocycles. The highest BCUT2D eigenvalue weighted by Gasteiger charge is 2.51. The second-order valence-electron chi connectivity index (χ2n) is 14.2. The summed E-state index contributed by atoms with van der Waals surface area (Å²) in [4.78, 5) is 2.61. The van der Waals surface area contributed by atoms with E-state index in [9.17, 15) is 0 Å². The minimum Gasteiger partial charge on any atom is -0.311 e. The SMILES string of the molecule is Cc1ccc(-c2ccccc2)c(N(C2=CC=C3C(=Cc4ccccc43)C23C=CC=C2C3=Cc3ccccc32)c2ccccc2-c2ccccc2)c1C. The first-order valence-electron chi connectivity index (χ1n) is 18.2. The summed E-state index contributed by atoms with van der Waals surface area (Å²) in [6, 6.07) is 53.0. The molecule has 0 saturated carbocycles. The zero-order valence-corrected chi connectivity index (χ0v) is 29.3. The van der Waals surface area contributed by atoms with E-state index in [1.165, 1.54) is 89.3 Å². The van der Waals surface area contributed by atoms with Crippen LogP contribution in [0.25, 0.3) is 45.6 Å². The van der Waals surface area contributed by atoms with Crippen molar-refractivity contribution in [2.24, 2.45) is 5.41 Å². The Labute approximate surface area is 306 Å². The number of para-hydroxylation sites is 1. The molecule has 0 bridgehead atoms.